The van der Waals surface area contributed by atoms with Crippen LogP contribution in [0.15, 0.2) is 0 Å². The lowest BCUT2D eigenvalue weighted by Crippen LogP contribution is -2.43. The quantitative estimate of drug-likeness (QED) is 0.808. The van der Waals surface area contributed by atoms with Gasteiger partial charge in [0, 0.05) is 12.6 Å². The average molecular weight is 294 g/mol. The van der Waals surface area contributed by atoms with Crippen LogP contribution >= 0.6 is 0 Å². The van der Waals surface area contributed by atoms with Gasteiger partial charge in [0.2, 0.25) is 5.91 Å². The number of rotatable bonds is 6. The molecule has 0 aromatic carbocycles. The Kier molecular flexibility index (Phi) is 5.26. The molecule has 0 bridgehead atoms. The molecule has 4 nitrogen and oxygen atoms in total. The van der Waals surface area contributed by atoms with Gasteiger partial charge in [0.15, 0.2) is 0 Å². The molecule has 0 spiro atoms. The van der Waals surface area contributed by atoms with Crippen LogP contribution in [0.3, 0.4) is 0 Å². The summed E-state index contributed by atoms with van der Waals surface area (Å²) in [7, 11) is 0. The number of hydrogen-bond acceptors (Lipinski definition) is 3. The lowest BCUT2D eigenvalue weighted by molar-refractivity contribution is -0.178. The van der Waals surface area contributed by atoms with Gasteiger partial charge in [0.25, 0.3) is 0 Å². The van der Waals surface area contributed by atoms with Crippen LogP contribution in [0.2, 0.25) is 0 Å². The summed E-state index contributed by atoms with van der Waals surface area (Å²) in [6.07, 6.45) is -0.330. The first-order chi connectivity index (χ1) is 9.46. The smallest absolute Gasteiger partial charge is 0.362 e. The molecule has 1 N–H and O–H groups in total. The van der Waals surface area contributed by atoms with Crippen molar-refractivity contribution >= 4 is 5.91 Å². The Morgan fingerprint density at radius 1 is 1.30 bits per heavy atom. The van der Waals surface area contributed by atoms with Gasteiger partial charge in [0.1, 0.15) is 13.2 Å². The molecule has 1 atom stereocenters. The van der Waals surface area contributed by atoms with Crippen molar-refractivity contribution < 1.29 is 22.7 Å². The number of carbonyl (C=O) groups is 1. The van der Waals surface area contributed by atoms with Crippen molar-refractivity contribution in [3.05, 3.63) is 0 Å². The third-order valence-electron chi connectivity index (χ3n) is 3.65. The lowest BCUT2D eigenvalue weighted by Gasteiger charge is -2.30. The summed E-state index contributed by atoms with van der Waals surface area (Å²) < 4.78 is 40.5. The molecular weight excluding hydrogens is 273 g/mol. The number of alkyl halides is 3. The minimum Gasteiger partial charge on any atom is -0.362 e. The van der Waals surface area contributed by atoms with Gasteiger partial charge >= 0.3 is 6.18 Å². The molecule has 1 saturated heterocycles. The zero-order chi connectivity index (χ0) is 14.6. The molecule has 2 rings (SSSR count). The largest absolute Gasteiger partial charge is 0.411 e. The van der Waals surface area contributed by atoms with E-state index < -0.39 is 19.4 Å². The minimum absolute atomic E-state index is 0.207. The minimum atomic E-state index is -4.38. The molecule has 0 aromatic heterocycles. The van der Waals surface area contributed by atoms with E-state index in [-0.39, 0.29) is 11.9 Å². The molecule has 1 heterocycles. The van der Waals surface area contributed by atoms with Crippen LogP contribution in [0.4, 0.5) is 13.2 Å². The standard InChI is InChI=1S/C13H21F3N2O2/c14-13(15,16)9-20-8-12(19)18(11-3-4-11)7-10-2-1-5-17-6-10/h10-11,17H,1-9H2. The fourth-order valence-electron chi connectivity index (χ4n) is 2.54. The van der Waals surface area contributed by atoms with E-state index in [9.17, 15) is 18.0 Å². The Labute approximate surface area is 116 Å². The number of hydrogen-bond donors (Lipinski definition) is 1. The summed E-state index contributed by atoms with van der Waals surface area (Å²) in [4.78, 5) is 13.7. The normalized spacial score (nSPS) is 23.6. The predicted molar refractivity (Wildman–Crippen MR) is 67.2 cm³/mol. The molecular formula is C13H21F3N2O2. The van der Waals surface area contributed by atoms with Crippen molar-refractivity contribution in [1.29, 1.82) is 0 Å². The molecule has 0 radical (unpaired) electrons. The number of piperidine rings is 1. The van der Waals surface area contributed by atoms with Crippen LogP contribution in [0.5, 0.6) is 0 Å². The first kappa shape index (κ1) is 15.6. The van der Waals surface area contributed by atoms with Gasteiger partial charge < -0.3 is 15.0 Å². The van der Waals surface area contributed by atoms with E-state index >= 15 is 0 Å². The molecule has 1 saturated carbocycles. The van der Waals surface area contributed by atoms with E-state index in [0.29, 0.717) is 12.5 Å². The molecule has 1 amide bonds. The molecule has 2 aliphatic rings. The van der Waals surface area contributed by atoms with Crippen molar-refractivity contribution in [2.24, 2.45) is 5.92 Å². The van der Waals surface area contributed by atoms with E-state index in [1.165, 1.54) is 0 Å². The van der Waals surface area contributed by atoms with Gasteiger partial charge in [-0.25, -0.2) is 0 Å². The molecule has 2 fully saturated rings. The van der Waals surface area contributed by atoms with Gasteiger partial charge in [-0.15, -0.1) is 0 Å². The number of amides is 1. The van der Waals surface area contributed by atoms with E-state index in [2.05, 4.69) is 10.1 Å². The van der Waals surface area contributed by atoms with Crippen LogP contribution in [-0.2, 0) is 9.53 Å². The number of halogens is 3. The van der Waals surface area contributed by atoms with Crippen LogP contribution in [0.1, 0.15) is 25.7 Å². The van der Waals surface area contributed by atoms with Crippen molar-refractivity contribution in [2.75, 3.05) is 32.8 Å². The van der Waals surface area contributed by atoms with Gasteiger partial charge in [-0.05, 0) is 44.7 Å². The molecule has 20 heavy (non-hydrogen) atoms. The summed E-state index contributed by atoms with van der Waals surface area (Å²) >= 11 is 0. The number of ether oxygens (including phenoxy) is 1. The maximum Gasteiger partial charge on any atom is 0.411 e. The molecule has 116 valence electrons. The van der Waals surface area contributed by atoms with E-state index in [4.69, 9.17) is 0 Å². The molecule has 0 aromatic rings. The summed E-state index contributed by atoms with van der Waals surface area (Å²) in [5.74, 6) is 0.0817. The highest BCUT2D eigenvalue weighted by molar-refractivity contribution is 5.78. The van der Waals surface area contributed by atoms with Crippen molar-refractivity contribution in [3.63, 3.8) is 0 Å². The Balaban J connectivity index is 1.77. The highest BCUT2D eigenvalue weighted by atomic mass is 19.4. The van der Waals surface area contributed by atoms with Crippen molar-refractivity contribution in [2.45, 2.75) is 37.9 Å². The van der Waals surface area contributed by atoms with Crippen LogP contribution in [0, 0.1) is 5.92 Å². The second-order valence-electron chi connectivity index (χ2n) is 5.60. The maximum atomic E-state index is 12.0. The summed E-state index contributed by atoms with van der Waals surface area (Å²) in [5, 5.41) is 3.28. The summed E-state index contributed by atoms with van der Waals surface area (Å²) in [6, 6.07) is 0.207. The second-order valence-corrected chi connectivity index (χ2v) is 5.60. The molecule has 1 unspecified atom stereocenters. The van der Waals surface area contributed by atoms with Crippen molar-refractivity contribution in [3.8, 4) is 0 Å². The first-order valence-electron chi connectivity index (χ1n) is 7.10. The molecule has 1 aliphatic carbocycles. The van der Waals surface area contributed by atoms with Gasteiger partial charge in [-0.1, -0.05) is 0 Å². The summed E-state index contributed by atoms with van der Waals surface area (Å²) in [5.41, 5.74) is 0. The molecule has 1 aliphatic heterocycles. The average Bonchev–Trinajstić information content (AvgIpc) is 3.19. The second kappa shape index (κ2) is 6.76. The number of nitrogens with zero attached hydrogens (tertiary/aromatic N) is 1. The Morgan fingerprint density at radius 2 is 2.05 bits per heavy atom. The zero-order valence-electron chi connectivity index (χ0n) is 11.4. The number of nitrogens with one attached hydrogen (secondary N) is 1. The monoisotopic (exact) mass is 294 g/mol. The zero-order valence-corrected chi connectivity index (χ0v) is 11.4. The SMILES string of the molecule is O=C(COCC(F)(F)F)N(CC1CCCNC1)C1CC1. The fraction of sp³-hybridized carbons (Fsp3) is 0.923. The Hall–Kier alpha value is -0.820. The topological polar surface area (TPSA) is 41.6 Å². The van der Waals surface area contributed by atoms with Crippen LogP contribution in [0.25, 0.3) is 0 Å². The number of carbonyl (C=O) groups excluding carboxylic acids is 1. The van der Waals surface area contributed by atoms with Crippen LogP contribution in [-0.4, -0.2) is 55.9 Å². The first-order valence-corrected chi connectivity index (χ1v) is 7.10. The highest BCUT2D eigenvalue weighted by Gasteiger charge is 2.35. The van der Waals surface area contributed by atoms with Crippen LogP contribution < -0.4 is 5.32 Å². The maximum absolute atomic E-state index is 12.0. The summed E-state index contributed by atoms with van der Waals surface area (Å²) in [6.45, 7) is 0.673. The van der Waals surface area contributed by atoms with E-state index in [1.807, 2.05) is 0 Å². The predicted octanol–water partition coefficient (Wildman–Crippen LogP) is 1.56. The fourth-order valence-corrected chi connectivity index (χ4v) is 2.54. The third kappa shape index (κ3) is 5.28. The Morgan fingerprint density at radius 3 is 2.60 bits per heavy atom. The lowest BCUT2D eigenvalue weighted by atomic mass is 9.99. The van der Waals surface area contributed by atoms with Crippen molar-refractivity contribution in [1.82, 2.24) is 10.2 Å². The van der Waals surface area contributed by atoms with Gasteiger partial charge in [0.05, 0.1) is 0 Å². The van der Waals surface area contributed by atoms with Gasteiger partial charge in [-0.2, -0.15) is 13.2 Å². The Bertz CT molecular complexity index is 326. The van der Waals surface area contributed by atoms with Gasteiger partial charge in [-0.3, -0.25) is 4.79 Å². The highest BCUT2D eigenvalue weighted by Crippen LogP contribution is 2.28. The van der Waals surface area contributed by atoms with E-state index in [0.717, 1.165) is 38.8 Å². The molecule has 7 heteroatoms. The van der Waals surface area contributed by atoms with E-state index in [1.54, 1.807) is 4.90 Å². The third-order valence-corrected chi connectivity index (χ3v) is 3.65.